The van der Waals surface area contributed by atoms with E-state index in [0.717, 1.165) is 48.3 Å². The molecule has 0 radical (unpaired) electrons. The Hall–Kier alpha value is -0.926. The predicted molar refractivity (Wildman–Crippen MR) is 130 cm³/mol. The molecule has 3 heteroatoms. The second kappa shape index (κ2) is 12.4. The maximum atomic E-state index is 6.90. The Kier molecular flexibility index (Phi) is 10.5. The predicted octanol–water partition coefficient (Wildman–Crippen LogP) is 8.40. The van der Waals surface area contributed by atoms with Gasteiger partial charge in [-0.25, -0.2) is 0 Å². The van der Waals surface area contributed by atoms with Crippen molar-refractivity contribution in [3.05, 3.63) is 71.8 Å². The van der Waals surface area contributed by atoms with Crippen LogP contribution in [0.3, 0.4) is 0 Å². The SMILES string of the molecule is CCCC[O][Ti]([CH2]C(C)(C)c1ccccc1)([CH2]C(C)(C)c1ccccc1)[O]CCCC. The summed E-state index contributed by atoms with van der Waals surface area (Å²) in [5.41, 5.74) is 2.79. The molecule has 0 aliphatic heterocycles. The average molecular weight is 461 g/mol. The number of rotatable bonds is 14. The summed E-state index contributed by atoms with van der Waals surface area (Å²) < 4.78 is 15.8. The van der Waals surface area contributed by atoms with Crippen LogP contribution < -0.4 is 0 Å². The van der Waals surface area contributed by atoms with E-state index in [4.69, 9.17) is 6.64 Å². The summed E-state index contributed by atoms with van der Waals surface area (Å²) in [5.74, 6) is 0. The van der Waals surface area contributed by atoms with E-state index in [0.29, 0.717) is 0 Å². The molecule has 31 heavy (non-hydrogen) atoms. The standard InChI is InChI=1S/2C10H13.2C4H9O.Ti/c2*1-10(2,3)9-7-5-4-6-8-9;2*1-2-3-4-5;/h2*4-8H,1H2,2-3H3;2*2-4H2,1H3;/q;;2*-1;+2. The Morgan fingerprint density at radius 3 is 1.29 bits per heavy atom. The summed E-state index contributed by atoms with van der Waals surface area (Å²) in [5, 5.41) is 0. The second-order valence-corrected chi connectivity index (χ2v) is 15.0. The number of benzene rings is 2. The van der Waals surface area contributed by atoms with Crippen molar-refractivity contribution in [3.63, 3.8) is 0 Å². The van der Waals surface area contributed by atoms with Gasteiger partial charge in [0.15, 0.2) is 0 Å². The van der Waals surface area contributed by atoms with Gasteiger partial charge in [0.1, 0.15) is 0 Å². The van der Waals surface area contributed by atoms with Crippen LogP contribution in [0.5, 0.6) is 0 Å². The summed E-state index contributed by atoms with van der Waals surface area (Å²) in [7, 11) is 0. The molecule has 2 aromatic rings. The summed E-state index contributed by atoms with van der Waals surface area (Å²) in [6, 6.07) is 21.8. The number of hydrogen-bond acceptors (Lipinski definition) is 2. The van der Waals surface area contributed by atoms with E-state index in [9.17, 15) is 0 Å². The summed E-state index contributed by atoms with van der Waals surface area (Å²) >= 11 is -3.17. The first kappa shape index (κ1) is 26.3. The molecule has 172 valence electrons. The zero-order valence-corrected chi connectivity index (χ0v) is 22.3. The van der Waals surface area contributed by atoms with Crippen LogP contribution in [0.15, 0.2) is 60.7 Å². The van der Waals surface area contributed by atoms with Crippen LogP contribution in [0, 0.1) is 0 Å². The van der Waals surface area contributed by atoms with Gasteiger partial charge in [0, 0.05) is 0 Å². The second-order valence-electron chi connectivity index (χ2n) is 10.2. The van der Waals surface area contributed by atoms with E-state index >= 15 is 0 Å². The van der Waals surface area contributed by atoms with Crippen LogP contribution in [0.2, 0.25) is 9.45 Å². The van der Waals surface area contributed by atoms with Crippen molar-refractivity contribution in [2.45, 2.75) is 87.5 Å². The first-order valence-corrected chi connectivity index (χ1v) is 15.6. The van der Waals surface area contributed by atoms with Gasteiger partial charge in [-0.1, -0.05) is 0 Å². The molecular weight excluding hydrogens is 416 g/mol. The van der Waals surface area contributed by atoms with E-state index in [2.05, 4.69) is 102 Å². The van der Waals surface area contributed by atoms with Crippen molar-refractivity contribution < 1.29 is 24.0 Å². The zero-order chi connectivity index (χ0) is 22.8. The minimum atomic E-state index is -3.17. The summed E-state index contributed by atoms with van der Waals surface area (Å²) in [6.45, 7) is 15.6. The molecule has 0 fully saturated rings. The van der Waals surface area contributed by atoms with Crippen LogP contribution in [0.1, 0.15) is 78.4 Å². The van der Waals surface area contributed by atoms with Crippen LogP contribution in [-0.2, 0) is 34.8 Å². The molecule has 0 spiro atoms. The quantitative estimate of drug-likeness (QED) is 0.208. The zero-order valence-electron chi connectivity index (χ0n) is 20.7. The number of unbranched alkanes of at least 4 members (excludes halogenated alkanes) is 2. The topological polar surface area (TPSA) is 18.5 Å². The van der Waals surface area contributed by atoms with Crippen molar-refractivity contribution in [2.75, 3.05) is 13.2 Å². The Morgan fingerprint density at radius 1 is 0.613 bits per heavy atom. The molecule has 0 heterocycles. The van der Waals surface area contributed by atoms with Gasteiger partial charge in [-0.15, -0.1) is 0 Å². The molecule has 2 aromatic carbocycles. The fourth-order valence-corrected chi connectivity index (χ4v) is 11.9. The van der Waals surface area contributed by atoms with E-state index in [-0.39, 0.29) is 10.8 Å². The molecular formula is C28H44O2Ti. The van der Waals surface area contributed by atoms with E-state index in [1.807, 2.05) is 0 Å². The fraction of sp³-hybridized carbons (Fsp3) is 0.571. The van der Waals surface area contributed by atoms with E-state index in [1.165, 1.54) is 11.1 Å². The first-order valence-electron chi connectivity index (χ1n) is 12.1. The van der Waals surface area contributed by atoms with Gasteiger partial charge in [0.25, 0.3) is 0 Å². The van der Waals surface area contributed by atoms with Crippen LogP contribution in [0.25, 0.3) is 0 Å². The Balaban J connectivity index is 2.40. The van der Waals surface area contributed by atoms with Crippen molar-refractivity contribution in [1.82, 2.24) is 0 Å². The molecule has 0 N–H and O–H groups in total. The van der Waals surface area contributed by atoms with Gasteiger partial charge in [-0.3, -0.25) is 0 Å². The fourth-order valence-electron chi connectivity index (χ4n) is 4.44. The Labute approximate surface area is 196 Å². The van der Waals surface area contributed by atoms with Gasteiger partial charge < -0.3 is 0 Å². The van der Waals surface area contributed by atoms with Crippen molar-refractivity contribution >= 4 is 0 Å². The monoisotopic (exact) mass is 460 g/mol. The molecule has 0 saturated carbocycles. The van der Waals surface area contributed by atoms with Gasteiger partial charge >= 0.3 is 197 Å². The molecule has 0 aromatic heterocycles. The Bertz CT molecular complexity index is 675. The molecule has 0 atom stereocenters. The van der Waals surface area contributed by atoms with E-state index in [1.54, 1.807) is 0 Å². The molecule has 2 rings (SSSR count). The van der Waals surface area contributed by atoms with Gasteiger partial charge in [-0.05, 0) is 0 Å². The van der Waals surface area contributed by atoms with Crippen molar-refractivity contribution in [3.8, 4) is 0 Å². The van der Waals surface area contributed by atoms with Crippen LogP contribution in [-0.4, -0.2) is 13.2 Å². The molecule has 0 bridgehead atoms. The molecule has 0 aliphatic carbocycles. The average Bonchev–Trinajstić information content (AvgIpc) is 2.75. The molecule has 0 aliphatic rings. The van der Waals surface area contributed by atoms with Crippen molar-refractivity contribution in [1.29, 1.82) is 0 Å². The molecule has 0 saturated heterocycles. The summed E-state index contributed by atoms with van der Waals surface area (Å²) in [6.07, 6.45) is 4.50. The minimum absolute atomic E-state index is 0.0203. The van der Waals surface area contributed by atoms with Gasteiger partial charge in [0.05, 0.1) is 0 Å². The molecule has 0 unspecified atom stereocenters. The van der Waals surface area contributed by atoms with Crippen LogP contribution >= 0.6 is 0 Å². The number of hydrogen-bond donors (Lipinski definition) is 0. The first-order chi connectivity index (χ1) is 14.7. The van der Waals surface area contributed by atoms with Gasteiger partial charge in [-0.2, -0.15) is 0 Å². The third-order valence-corrected chi connectivity index (χ3v) is 13.0. The normalized spacial score (nSPS) is 12.8. The molecule has 0 amide bonds. The van der Waals surface area contributed by atoms with Crippen molar-refractivity contribution in [2.24, 2.45) is 0 Å². The third kappa shape index (κ3) is 8.17. The Morgan fingerprint density at radius 2 is 0.968 bits per heavy atom. The molecule has 2 nitrogen and oxygen atoms in total. The summed E-state index contributed by atoms with van der Waals surface area (Å²) in [4.78, 5) is 0. The third-order valence-electron chi connectivity index (χ3n) is 6.26. The van der Waals surface area contributed by atoms with E-state index < -0.39 is 17.4 Å². The van der Waals surface area contributed by atoms with Gasteiger partial charge in [0.2, 0.25) is 0 Å². The maximum absolute atomic E-state index is 6.90. The van der Waals surface area contributed by atoms with Crippen LogP contribution in [0.4, 0.5) is 0 Å².